The van der Waals surface area contributed by atoms with Crippen LogP contribution in [0.2, 0.25) is 0 Å². The second-order valence-electron chi connectivity index (χ2n) is 4.16. The Bertz CT molecular complexity index is 377. The second-order valence-corrected chi connectivity index (χ2v) is 4.16. The van der Waals surface area contributed by atoms with Crippen molar-refractivity contribution in [3.05, 3.63) is 12.2 Å². The van der Waals surface area contributed by atoms with E-state index in [-0.39, 0.29) is 0 Å². The van der Waals surface area contributed by atoms with Crippen LogP contribution in [0.25, 0.3) is 0 Å². The number of nitrogens with zero attached hydrogens (tertiary/aromatic N) is 5. The van der Waals surface area contributed by atoms with E-state index in [2.05, 4.69) is 32.2 Å². The van der Waals surface area contributed by atoms with Gasteiger partial charge in [-0.15, -0.1) is 0 Å². The summed E-state index contributed by atoms with van der Waals surface area (Å²) in [6.45, 7) is 5.77. The van der Waals surface area contributed by atoms with Crippen LogP contribution in [0.15, 0.2) is 11.3 Å². The van der Waals surface area contributed by atoms with E-state index >= 15 is 0 Å². The number of aliphatic imine (C=N–C) groups is 1. The van der Waals surface area contributed by atoms with Gasteiger partial charge in [-0.2, -0.15) is 5.10 Å². The Morgan fingerprint density at radius 2 is 2.24 bits per heavy atom. The van der Waals surface area contributed by atoms with Gasteiger partial charge in [-0.1, -0.05) is 0 Å². The Morgan fingerprint density at radius 3 is 2.82 bits per heavy atom. The molecule has 0 saturated carbocycles. The Morgan fingerprint density at radius 1 is 1.47 bits per heavy atom. The zero-order valence-corrected chi connectivity index (χ0v) is 10.6. The van der Waals surface area contributed by atoms with E-state index in [1.807, 2.05) is 7.05 Å². The highest BCUT2D eigenvalue weighted by Crippen LogP contribution is 2.08. The number of likely N-dealkylation sites (tertiary alicyclic amines) is 1. The molecule has 0 atom stereocenters. The van der Waals surface area contributed by atoms with Gasteiger partial charge in [0.25, 0.3) is 0 Å². The molecule has 0 unspecified atom stereocenters. The summed E-state index contributed by atoms with van der Waals surface area (Å²) >= 11 is 0. The maximum atomic E-state index is 4.61. The van der Waals surface area contributed by atoms with Crippen LogP contribution < -0.4 is 5.32 Å². The topological polar surface area (TPSA) is 58.3 Å². The molecule has 0 aromatic carbocycles. The van der Waals surface area contributed by atoms with Crippen LogP contribution in [0.3, 0.4) is 0 Å². The van der Waals surface area contributed by atoms with Crippen LogP contribution in [0.5, 0.6) is 0 Å². The molecule has 0 radical (unpaired) electrons. The summed E-state index contributed by atoms with van der Waals surface area (Å²) in [7, 11) is 1.89. The lowest BCUT2D eigenvalue weighted by Gasteiger charge is -2.20. The van der Waals surface area contributed by atoms with Crippen molar-refractivity contribution in [3.8, 4) is 0 Å². The molecular weight excluding hydrogens is 216 g/mol. The summed E-state index contributed by atoms with van der Waals surface area (Å²) in [6.07, 6.45) is 4.08. The van der Waals surface area contributed by atoms with Gasteiger partial charge >= 0.3 is 0 Å². The highest BCUT2D eigenvalue weighted by atomic mass is 15.3. The van der Waals surface area contributed by atoms with Crippen molar-refractivity contribution in [3.63, 3.8) is 0 Å². The van der Waals surface area contributed by atoms with Crippen LogP contribution in [0.1, 0.15) is 25.6 Å². The first-order chi connectivity index (χ1) is 8.31. The number of rotatable bonds is 3. The molecule has 1 N–H and O–H groups in total. The van der Waals surface area contributed by atoms with Crippen molar-refractivity contribution in [2.45, 2.75) is 26.3 Å². The van der Waals surface area contributed by atoms with Crippen molar-refractivity contribution in [2.75, 3.05) is 19.6 Å². The van der Waals surface area contributed by atoms with Gasteiger partial charge in [-0.05, 0) is 19.8 Å². The quantitative estimate of drug-likeness (QED) is 0.609. The van der Waals surface area contributed by atoms with E-state index in [1.54, 1.807) is 11.0 Å². The molecule has 94 valence electrons. The SMILES string of the molecule is CCNC(=NCc1ncnn1C)N1CCCC1. The molecule has 1 fully saturated rings. The van der Waals surface area contributed by atoms with Gasteiger partial charge in [0.15, 0.2) is 5.96 Å². The van der Waals surface area contributed by atoms with Crippen molar-refractivity contribution in [2.24, 2.45) is 12.0 Å². The lowest BCUT2D eigenvalue weighted by atomic mass is 10.4. The number of nitrogens with one attached hydrogen (secondary N) is 1. The smallest absolute Gasteiger partial charge is 0.194 e. The fourth-order valence-corrected chi connectivity index (χ4v) is 1.96. The summed E-state index contributed by atoms with van der Waals surface area (Å²) in [6, 6.07) is 0. The van der Waals surface area contributed by atoms with Crippen molar-refractivity contribution in [1.29, 1.82) is 0 Å². The number of aromatic nitrogens is 3. The minimum absolute atomic E-state index is 0.579. The predicted octanol–water partition coefficient (Wildman–Crippen LogP) is 0.376. The number of guanidine groups is 1. The van der Waals surface area contributed by atoms with E-state index in [9.17, 15) is 0 Å². The molecule has 2 heterocycles. The third kappa shape index (κ3) is 2.95. The molecule has 0 aliphatic carbocycles. The fraction of sp³-hybridized carbons (Fsp3) is 0.727. The van der Waals surface area contributed by atoms with Gasteiger partial charge in [0.1, 0.15) is 18.7 Å². The van der Waals surface area contributed by atoms with Gasteiger partial charge < -0.3 is 10.2 Å². The Hall–Kier alpha value is -1.59. The minimum Gasteiger partial charge on any atom is -0.357 e. The van der Waals surface area contributed by atoms with Crippen LogP contribution in [-0.2, 0) is 13.6 Å². The van der Waals surface area contributed by atoms with Crippen molar-refractivity contribution < 1.29 is 0 Å². The Balaban J connectivity index is 2.02. The Kier molecular flexibility index (Phi) is 3.95. The maximum Gasteiger partial charge on any atom is 0.194 e. The molecule has 1 aliphatic rings. The maximum absolute atomic E-state index is 4.61. The van der Waals surface area contributed by atoms with E-state index in [4.69, 9.17) is 0 Å². The summed E-state index contributed by atoms with van der Waals surface area (Å²) < 4.78 is 1.76. The highest BCUT2D eigenvalue weighted by Gasteiger charge is 2.15. The molecule has 1 aromatic rings. The van der Waals surface area contributed by atoms with Crippen LogP contribution in [0, 0.1) is 0 Å². The predicted molar refractivity (Wildman–Crippen MR) is 66.6 cm³/mol. The minimum atomic E-state index is 0.579. The van der Waals surface area contributed by atoms with Gasteiger partial charge in [-0.3, -0.25) is 4.68 Å². The van der Waals surface area contributed by atoms with E-state index in [1.165, 1.54) is 12.8 Å². The molecule has 1 aliphatic heterocycles. The Labute approximate surface area is 102 Å². The molecular formula is C11H20N6. The average molecular weight is 236 g/mol. The fourth-order valence-electron chi connectivity index (χ4n) is 1.96. The number of hydrogen-bond acceptors (Lipinski definition) is 3. The van der Waals surface area contributed by atoms with E-state index in [0.29, 0.717) is 6.54 Å². The van der Waals surface area contributed by atoms with Crippen LogP contribution in [-0.4, -0.2) is 45.3 Å². The zero-order chi connectivity index (χ0) is 12.1. The highest BCUT2D eigenvalue weighted by molar-refractivity contribution is 5.80. The first kappa shape index (κ1) is 11.9. The van der Waals surface area contributed by atoms with Gasteiger partial charge in [0, 0.05) is 26.7 Å². The van der Waals surface area contributed by atoms with Gasteiger partial charge in [-0.25, -0.2) is 9.98 Å². The van der Waals surface area contributed by atoms with Crippen LogP contribution in [0.4, 0.5) is 0 Å². The molecule has 6 heteroatoms. The van der Waals surface area contributed by atoms with E-state index in [0.717, 1.165) is 31.4 Å². The molecule has 17 heavy (non-hydrogen) atoms. The molecule has 0 spiro atoms. The summed E-state index contributed by atoms with van der Waals surface area (Å²) in [5.41, 5.74) is 0. The molecule has 6 nitrogen and oxygen atoms in total. The number of hydrogen-bond donors (Lipinski definition) is 1. The summed E-state index contributed by atoms with van der Waals surface area (Å²) in [4.78, 5) is 11.1. The van der Waals surface area contributed by atoms with Crippen molar-refractivity contribution in [1.82, 2.24) is 25.0 Å². The summed E-state index contributed by atoms with van der Waals surface area (Å²) in [5, 5.41) is 7.37. The first-order valence-electron chi connectivity index (χ1n) is 6.17. The zero-order valence-electron chi connectivity index (χ0n) is 10.6. The first-order valence-corrected chi connectivity index (χ1v) is 6.17. The lowest BCUT2D eigenvalue weighted by Crippen LogP contribution is -2.39. The molecule has 2 rings (SSSR count). The molecule has 1 aromatic heterocycles. The average Bonchev–Trinajstić information content (AvgIpc) is 2.96. The van der Waals surface area contributed by atoms with Crippen molar-refractivity contribution >= 4 is 5.96 Å². The standard InChI is InChI=1S/C11H20N6/c1-3-12-11(17-6-4-5-7-17)13-8-10-14-9-15-16(10)2/h9H,3-8H2,1-2H3,(H,12,13). The lowest BCUT2D eigenvalue weighted by molar-refractivity contribution is 0.492. The molecule has 0 bridgehead atoms. The third-order valence-electron chi connectivity index (χ3n) is 2.92. The van der Waals surface area contributed by atoms with E-state index < -0.39 is 0 Å². The third-order valence-corrected chi connectivity index (χ3v) is 2.92. The molecule has 1 saturated heterocycles. The normalized spacial score (nSPS) is 16.6. The van der Waals surface area contributed by atoms with Gasteiger partial charge in [0.05, 0.1) is 0 Å². The molecule has 0 amide bonds. The monoisotopic (exact) mass is 236 g/mol. The second kappa shape index (κ2) is 5.65. The van der Waals surface area contributed by atoms with Crippen LogP contribution >= 0.6 is 0 Å². The number of aryl methyl sites for hydroxylation is 1. The van der Waals surface area contributed by atoms with Gasteiger partial charge in [0.2, 0.25) is 0 Å². The summed E-state index contributed by atoms with van der Waals surface area (Å²) in [5.74, 6) is 1.88. The largest absolute Gasteiger partial charge is 0.357 e.